The molecule has 0 spiro atoms. The molecule has 0 aromatic carbocycles. The standard InChI is InChI=1S/C12H12N6OS/c19-12(14-2-1-4-18-5-3-13-8-18)9-6-10-11(15-7-9)17-20-16-10/h3,5-8H,1-2,4H2,(H,14,19). The summed E-state index contributed by atoms with van der Waals surface area (Å²) in [6, 6.07) is 1.71. The quantitative estimate of drug-likeness (QED) is 0.711. The Labute approximate surface area is 119 Å². The molecule has 20 heavy (non-hydrogen) atoms. The molecule has 1 amide bonds. The summed E-state index contributed by atoms with van der Waals surface area (Å²) in [7, 11) is 0. The molecule has 0 fully saturated rings. The summed E-state index contributed by atoms with van der Waals surface area (Å²) in [6.07, 6.45) is 7.76. The fraction of sp³-hybridized carbons (Fsp3) is 0.250. The van der Waals surface area contributed by atoms with E-state index >= 15 is 0 Å². The molecule has 102 valence electrons. The Morgan fingerprint density at radius 1 is 1.40 bits per heavy atom. The van der Waals surface area contributed by atoms with Crippen LogP contribution in [0.5, 0.6) is 0 Å². The molecular formula is C12H12N6OS. The number of hydrogen-bond acceptors (Lipinski definition) is 6. The first-order valence-electron chi connectivity index (χ1n) is 6.15. The number of rotatable bonds is 5. The van der Waals surface area contributed by atoms with Crippen LogP contribution < -0.4 is 5.32 Å². The van der Waals surface area contributed by atoms with Crippen LogP contribution in [-0.4, -0.2) is 35.7 Å². The first-order chi connectivity index (χ1) is 9.83. The van der Waals surface area contributed by atoms with Crippen LogP contribution in [0.25, 0.3) is 11.2 Å². The molecule has 0 aliphatic heterocycles. The van der Waals surface area contributed by atoms with Crippen molar-refractivity contribution in [2.75, 3.05) is 6.54 Å². The Bertz CT molecular complexity index is 708. The van der Waals surface area contributed by atoms with E-state index in [0.717, 1.165) is 24.7 Å². The number of amides is 1. The smallest absolute Gasteiger partial charge is 0.252 e. The molecule has 3 aromatic rings. The SMILES string of the molecule is O=C(NCCCn1ccnc1)c1cnc2nsnc2c1. The molecule has 3 heterocycles. The van der Waals surface area contributed by atoms with Gasteiger partial charge in [-0.3, -0.25) is 4.79 Å². The Balaban J connectivity index is 1.53. The first-order valence-corrected chi connectivity index (χ1v) is 6.88. The number of carbonyl (C=O) groups excluding carboxylic acids is 1. The van der Waals surface area contributed by atoms with E-state index in [1.54, 1.807) is 18.6 Å². The molecule has 7 nitrogen and oxygen atoms in total. The van der Waals surface area contributed by atoms with E-state index in [1.807, 2.05) is 10.8 Å². The van der Waals surface area contributed by atoms with Gasteiger partial charge in [0.05, 0.1) is 23.6 Å². The largest absolute Gasteiger partial charge is 0.352 e. The number of hydrogen-bond donors (Lipinski definition) is 1. The van der Waals surface area contributed by atoms with Crippen molar-refractivity contribution in [3.63, 3.8) is 0 Å². The van der Waals surface area contributed by atoms with Crippen molar-refractivity contribution in [2.45, 2.75) is 13.0 Å². The lowest BCUT2D eigenvalue weighted by molar-refractivity contribution is 0.0952. The van der Waals surface area contributed by atoms with Gasteiger partial charge in [0.1, 0.15) is 5.52 Å². The second-order valence-electron chi connectivity index (χ2n) is 4.24. The van der Waals surface area contributed by atoms with Crippen molar-refractivity contribution in [1.82, 2.24) is 28.6 Å². The second kappa shape index (κ2) is 5.74. The first kappa shape index (κ1) is 12.7. The van der Waals surface area contributed by atoms with Crippen molar-refractivity contribution in [3.8, 4) is 0 Å². The van der Waals surface area contributed by atoms with Crippen molar-refractivity contribution in [3.05, 3.63) is 36.5 Å². The van der Waals surface area contributed by atoms with E-state index in [0.29, 0.717) is 23.3 Å². The Morgan fingerprint density at radius 2 is 2.35 bits per heavy atom. The van der Waals surface area contributed by atoms with Gasteiger partial charge in [-0.15, -0.1) is 0 Å². The molecule has 3 aromatic heterocycles. The highest BCUT2D eigenvalue weighted by Gasteiger charge is 2.08. The summed E-state index contributed by atoms with van der Waals surface area (Å²) >= 11 is 1.09. The third-order valence-electron chi connectivity index (χ3n) is 2.81. The topological polar surface area (TPSA) is 85.6 Å². The Morgan fingerprint density at radius 3 is 3.20 bits per heavy atom. The minimum absolute atomic E-state index is 0.141. The van der Waals surface area contributed by atoms with E-state index < -0.39 is 0 Å². The average Bonchev–Trinajstić information content (AvgIpc) is 3.13. The predicted octanol–water partition coefficient (Wildman–Crippen LogP) is 1.10. The average molecular weight is 288 g/mol. The van der Waals surface area contributed by atoms with Crippen LogP contribution in [0.15, 0.2) is 31.0 Å². The molecule has 0 atom stereocenters. The number of aromatic nitrogens is 5. The molecule has 8 heteroatoms. The van der Waals surface area contributed by atoms with E-state index in [-0.39, 0.29) is 5.91 Å². The minimum atomic E-state index is -0.141. The highest BCUT2D eigenvalue weighted by Crippen LogP contribution is 2.10. The number of nitrogens with zero attached hydrogens (tertiary/aromatic N) is 5. The molecule has 0 radical (unpaired) electrons. The van der Waals surface area contributed by atoms with Gasteiger partial charge >= 0.3 is 0 Å². The maximum Gasteiger partial charge on any atom is 0.252 e. The number of imidazole rings is 1. The van der Waals surface area contributed by atoms with E-state index in [2.05, 4.69) is 24.0 Å². The predicted molar refractivity (Wildman–Crippen MR) is 74.4 cm³/mol. The summed E-state index contributed by atoms with van der Waals surface area (Å²) in [5, 5.41) is 2.86. The lowest BCUT2D eigenvalue weighted by atomic mass is 10.2. The van der Waals surface area contributed by atoms with E-state index in [4.69, 9.17) is 0 Å². The van der Waals surface area contributed by atoms with Crippen LogP contribution in [0.3, 0.4) is 0 Å². The van der Waals surface area contributed by atoms with E-state index in [1.165, 1.54) is 6.20 Å². The molecule has 0 saturated heterocycles. The molecule has 0 aliphatic rings. The molecule has 0 bridgehead atoms. The summed E-state index contributed by atoms with van der Waals surface area (Å²) in [4.78, 5) is 20.0. The normalized spacial score (nSPS) is 10.8. The lowest BCUT2D eigenvalue weighted by Crippen LogP contribution is -2.25. The third kappa shape index (κ3) is 2.80. The fourth-order valence-corrected chi connectivity index (χ4v) is 2.28. The Hall–Kier alpha value is -2.35. The zero-order valence-corrected chi connectivity index (χ0v) is 11.4. The lowest BCUT2D eigenvalue weighted by Gasteiger charge is -2.05. The summed E-state index contributed by atoms with van der Waals surface area (Å²) in [5.74, 6) is -0.141. The van der Waals surface area contributed by atoms with Gasteiger partial charge < -0.3 is 9.88 Å². The van der Waals surface area contributed by atoms with Gasteiger partial charge in [0.25, 0.3) is 5.91 Å². The number of carbonyl (C=O) groups is 1. The van der Waals surface area contributed by atoms with Crippen LogP contribution in [0, 0.1) is 0 Å². The van der Waals surface area contributed by atoms with Gasteiger partial charge in [0.2, 0.25) is 0 Å². The summed E-state index contributed by atoms with van der Waals surface area (Å²) in [5.41, 5.74) is 1.74. The van der Waals surface area contributed by atoms with Gasteiger partial charge in [-0.2, -0.15) is 8.75 Å². The maximum absolute atomic E-state index is 12.0. The molecule has 3 rings (SSSR count). The van der Waals surface area contributed by atoms with Crippen molar-refractivity contribution in [1.29, 1.82) is 0 Å². The zero-order chi connectivity index (χ0) is 13.8. The van der Waals surface area contributed by atoms with Crippen LogP contribution in [0.4, 0.5) is 0 Å². The highest BCUT2D eigenvalue weighted by atomic mass is 32.1. The van der Waals surface area contributed by atoms with Crippen LogP contribution in [0.1, 0.15) is 16.8 Å². The molecule has 1 N–H and O–H groups in total. The Kier molecular flexibility index (Phi) is 3.64. The third-order valence-corrected chi connectivity index (χ3v) is 3.35. The van der Waals surface area contributed by atoms with Crippen molar-refractivity contribution in [2.24, 2.45) is 0 Å². The monoisotopic (exact) mass is 288 g/mol. The second-order valence-corrected chi connectivity index (χ2v) is 4.77. The fourth-order valence-electron chi connectivity index (χ4n) is 1.80. The van der Waals surface area contributed by atoms with Crippen molar-refractivity contribution >= 4 is 28.8 Å². The maximum atomic E-state index is 12.0. The van der Waals surface area contributed by atoms with Crippen LogP contribution in [0.2, 0.25) is 0 Å². The summed E-state index contributed by atoms with van der Waals surface area (Å²) < 4.78 is 10.0. The highest BCUT2D eigenvalue weighted by molar-refractivity contribution is 7.00. The van der Waals surface area contributed by atoms with Crippen LogP contribution in [-0.2, 0) is 6.54 Å². The van der Waals surface area contributed by atoms with Gasteiger partial charge in [-0.25, -0.2) is 9.97 Å². The zero-order valence-electron chi connectivity index (χ0n) is 10.6. The molecular weight excluding hydrogens is 276 g/mol. The minimum Gasteiger partial charge on any atom is -0.352 e. The van der Waals surface area contributed by atoms with Gasteiger partial charge in [-0.05, 0) is 12.5 Å². The van der Waals surface area contributed by atoms with Gasteiger partial charge in [-0.1, -0.05) is 0 Å². The molecule has 0 aliphatic carbocycles. The van der Waals surface area contributed by atoms with Gasteiger partial charge in [0, 0.05) is 31.7 Å². The van der Waals surface area contributed by atoms with E-state index in [9.17, 15) is 4.79 Å². The molecule has 0 saturated carbocycles. The molecule has 0 unspecified atom stereocenters. The van der Waals surface area contributed by atoms with Gasteiger partial charge in [0.15, 0.2) is 5.65 Å². The van der Waals surface area contributed by atoms with Crippen LogP contribution >= 0.6 is 11.7 Å². The number of nitrogens with one attached hydrogen (secondary N) is 1. The number of fused-ring (bicyclic) bond motifs is 1. The van der Waals surface area contributed by atoms with Crippen molar-refractivity contribution < 1.29 is 4.79 Å². The number of aryl methyl sites for hydroxylation is 1. The summed E-state index contributed by atoms with van der Waals surface area (Å²) in [6.45, 7) is 1.43. The number of pyridine rings is 1.